The SMILES string of the molecule is CCCCCCCC(=O)O.OCC(O)CO.OCC(O)CO.OCC(O)CO.OCC(O)CO.OCC(O)CO.OCC(O)CO.OCC(O)CO.OCC(O)CO.OCC(O)CO.OCC(O)CO. The molecule has 0 fully saturated rings. The van der Waals surface area contributed by atoms with Crippen LogP contribution in [0.3, 0.4) is 0 Å². The summed E-state index contributed by atoms with van der Waals surface area (Å²) in [6, 6.07) is 0. The molecule has 0 aromatic rings. The molecule has 0 radical (unpaired) electrons. The molecule has 0 spiro atoms. The number of aliphatic hydroxyl groups excluding tert-OH is 30. The maximum atomic E-state index is 10.0. The van der Waals surface area contributed by atoms with Gasteiger partial charge in [-0.15, -0.1) is 0 Å². The Labute approximate surface area is 407 Å². The van der Waals surface area contributed by atoms with Crippen molar-refractivity contribution >= 4 is 5.97 Å². The molecule has 32 heteroatoms. The van der Waals surface area contributed by atoms with Gasteiger partial charge in [0.1, 0.15) is 61.0 Å². The summed E-state index contributed by atoms with van der Waals surface area (Å²) in [7, 11) is 0. The average molecular weight is 1070 g/mol. The van der Waals surface area contributed by atoms with Gasteiger partial charge in [-0.05, 0) is 6.42 Å². The molecular weight excluding hydrogens is 968 g/mol. The molecule has 0 unspecified atom stereocenters. The van der Waals surface area contributed by atoms with Crippen molar-refractivity contribution in [2.24, 2.45) is 0 Å². The highest BCUT2D eigenvalue weighted by molar-refractivity contribution is 5.66. The van der Waals surface area contributed by atoms with Crippen molar-refractivity contribution in [3.05, 3.63) is 0 Å². The van der Waals surface area contributed by atoms with Gasteiger partial charge in [0, 0.05) is 6.42 Å². The number of rotatable bonds is 26. The van der Waals surface area contributed by atoms with Crippen LogP contribution in [0.25, 0.3) is 0 Å². The van der Waals surface area contributed by atoms with Gasteiger partial charge in [-0.2, -0.15) is 0 Å². The number of unbranched alkanes of at least 4 members (excludes halogenated alkanes) is 4. The van der Waals surface area contributed by atoms with E-state index >= 15 is 0 Å². The second-order valence-corrected chi connectivity index (χ2v) is 12.7. The summed E-state index contributed by atoms with van der Waals surface area (Å²) in [6.07, 6.45) is -3.65. The topological polar surface area (TPSA) is 644 Å². The molecule has 440 valence electrons. The first-order valence-corrected chi connectivity index (χ1v) is 21.1. The highest BCUT2D eigenvalue weighted by Gasteiger charge is 1.99. The largest absolute Gasteiger partial charge is 0.481 e. The summed E-state index contributed by atoms with van der Waals surface area (Å²) in [6.45, 7) is -5.14. The van der Waals surface area contributed by atoms with E-state index in [2.05, 4.69) is 6.92 Å². The third kappa shape index (κ3) is 138. The highest BCUT2D eigenvalue weighted by atomic mass is 16.4. The number of aliphatic carboxylic acids is 1. The standard InChI is InChI=1S/C8H16O2.10C3H8O3/c1-2-3-4-5-6-7-8(9)10;10*4-1-3(6)2-5/h2-7H2,1H3,(H,9,10);10*3-6H,1-2H2. The lowest BCUT2D eigenvalue weighted by atomic mass is 10.1. The number of hydrogen-bond donors (Lipinski definition) is 31. The molecule has 0 aliphatic heterocycles. The molecule has 0 aliphatic rings. The summed E-state index contributed by atoms with van der Waals surface area (Å²) < 4.78 is 0. The number of carboxylic acid groups (broad SMARTS) is 1. The molecule has 0 bridgehead atoms. The zero-order valence-corrected chi connectivity index (χ0v) is 39.9. The Morgan fingerprint density at radius 3 is 0.429 bits per heavy atom. The van der Waals surface area contributed by atoms with Crippen molar-refractivity contribution < 1.29 is 163 Å². The maximum absolute atomic E-state index is 10.0. The fourth-order valence-corrected chi connectivity index (χ4v) is 1.46. The first kappa shape index (κ1) is 94.2. The van der Waals surface area contributed by atoms with Crippen LogP contribution < -0.4 is 0 Å². The normalized spacial score (nSPS) is 9.96. The molecular formula is C38H96O32. The summed E-state index contributed by atoms with van der Waals surface area (Å²) in [5.74, 6) is -0.670. The third-order valence-corrected chi connectivity index (χ3v) is 5.71. The van der Waals surface area contributed by atoms with Crippen molar-refractivity contribution in [3.63, 3.8) is 0 Å². The molecule has 32 nitrogen and oxygen atoms in total. The fourth-order valence-electron chi connectivity index (χ4n) is 1.46. The Morgan fingerprint density at radius 1 is 0.243 bits per heavy atom. The second kappa shape index (κ2) is 90.1. The number of carboxylic acids is 1. The van der Waals surface area contributed by atoms with E-state index in [1.54, 1.807) is 0 Å². The molecule has 0 aromatic carbocycles. The molecule has 31 N–H and O–H groups in total. The van der Waals surface area contributed by atoms with Crippen molar-refractivity contribution in [3.8, 4) is 0 Å². The lowest BCUT2D eigenvalue weighted by Gasteiger charge is -1.96. The van der Waals surface area contributed by atoms with E-state index in [1.165, 1.54) is 19.3 Å². The van der Waals surface area contributed by atoms with Crippen molar-refractivity contribution in [1.29, 1.82) is 0 Å². The van der Waals surface area contributed by atoms with Gasteiger partial charge in [0.15, 0.2) is 0 Å². The number of aliphatic hydroxyl groups is 30. The molecule has 0 atom stereocenters. The van der Waals surface area contributed by atoms with Gasteiger partial charge in [-0.25, -0.2) is 0 Å². The van der Waals surface area contributed by atoms with E-state index in [0.717, 1.165) is 12.8 Å². The van der Waals surface area contributed by atoms with E-state index in [4.69, 9.17) is 158 Å². The van der Waals surface area contributed by atoms with E-state index < -0.39 is 67.0 Å². The van der Waals surface area contributed by atoms with Gasteiger partial charge in [0.05, 0.1) is 132 Å². The van der Waals surface area contributed by atoms with Gasteiger partial charge in [0.25, 0.3) is 0 Å². The number of carbonyl (C=O) groups is 1. The molecule has 0 rings (SSSR count). The Morgan fingerprint density at radius 2 is 0.357 bits per heavy atom. The van der Waals surface area contributed by atoms with Gasteiger partial charge >= 0.3 is 5.97 Å². The number of hydrogen-bond acceptors (Lipinski definition) is 31. The van der Waals surface area contributed by atoms with Crippen LogP contribution in [0.2, 0.25) is 0 Å². The van der Waals surface area contributed by atoms with E-state index in [0.29, 0.717) is 6.42 Å². The molecule has 0 amide bonds. The fraction of sp³-hybridized carbons (Fsp3) is 0.974. The Balaban J connectivity index is -0.0000000610. The van der Waals surface area contributed by atoms with Gasteiger partial charge in [-0.1, -0.05) is 32.6 Å². The smallest absolute Gasteiger partial charge is 0.303 e. The second-order valence-electron chi connectivity index (χ2n) is 12.7. The molecule has 0 saturated heterocycles. The zero-order chi connectivity index (χ0) is 57.7. The Hall–Kier alpha value is -1.73. The molecule has 0 heterocycles. The van der Waals surface area contributed by atoms with Crippen LogP contribution in [0.4, 0.5) is 0 Å². The van der Waals surface area contributed by atoms with Crippen LogP contribution in [0.1, 0.15) is 45.4 Å². The summed E-state index contributed by atoms with van der Waals surface area (Å²) in [4.78, 5) is 10.0. The van der Waals surface area contributed by atoms with Gasteiger partial charge in [-0.3, -0.25) is 4.79 Å². The summed E-state index contributed by atoms with van der Waals surface area (Å²) in [5, 5.41) is 248. The van der Waals surface area contributed by atoms with E-state index in [1.807, 2.05) is 0 Å². The van der Waals surface area contributed by atoms with Crippen molar-refractivity contribution in [2.75, 3.05) is 132 Å². The first-order valence-electron chi connectivity index (χ1n) is 21.1. The Bertz CT molecular complexity index is 598. The third-order valence-electron chi connectivity index (χ3n) is 5.71. The van der Waals surface area contributed by atoms with Gasteiger partial charge in [0.2, 0.25) is 0 Å². The highest BCUT2D eigenvalue weighted by Crippen LogP contribution is 2.04. The maximum Gasteiger partial charge on any atom is 0.303 e. The monoisotopic (exact) mass is 1060 g/mol. The van der Waals surface area contributed by atoms with Gasteiger partial charge < -0.3 is 158 Å². The summed E-state index contributed by atoms with van der Waals surface area (Å²) in [5.41, 5.74) is 0. The predicted octanol–water partition coefficient (Wildman–Crippen LogP) is -14.2. The Kier molecular flexibility index (Phi) is 121. The lowest BCUT2D eigenvalue weighted by molar-refractivity contribution is -0.137. The molecule has 0 saturated carbocycles. The summed E-state index contributed by atoms with van der Waals surface area (Å²) >= 11 is 0. The van der Waals surface area contributed by atoms with Crippen LogP contribution in [0.15, 0.2) is 0 Å². The minimum Gasteiger partial charge on any atom is -0.481 e. The predicted molar refractivity (Wildman–Crippen MR) is 243 cm³/mol. The minimum atomic E-state index is -0.954. The molecule has 70 heavy (non-hydrogen) atoms. The van der Waals surface area contributed by atoms with E-state index in [-0.39, 0.29) is 132 Å². The van der Waals surface area contributed by atoms with Crippen LogP contribution in [-0.4, -0.2) is 357 Å². The quantitative estimate of drug-likeness (QED) is 0.0358. The van der Waals surface area contributed by atoms with Crippen molar-refractivity contribution in [2.45, 2.75) is 106 Å². The zero-order valence-electron chi connectivity index (χ0n) is 39.9. The van der Waals surface area contributed by atoms with Crippen molar-refractivity contribution in [1.82, 2.24) is 0 Å². The van der Waals surface area contributed by atoms with Crippen LogP contribution in [0, 0.1) is 0 Å². The minimum absolute atomic E-state index is 0.337. The van der Waals surface area contributed by atoms with Crippen LogP contribution in [0.5, 0.6) is 0 Å². The van der Waals surface area contributed by atoms with Crippen LogP contribution >= 0.6 is 0 Å². The molecule has 0 aromatic heterocycles. The molecule has 0 aliphatic carbocycles. The first-order chi connectivity index (χ1) is 32.9. The lowest BCUT2D eigenvalue weighted by Crippen LogP contribution is -2.15. The van der Waals surface area contributed by atoms with E-state index in [9.17, 15) is 4.79 Å². The average Bonchev–Trinajstić information content (AvgIpc) is 3.41. The van der Waals surface area contributed by atoms with Crippen LogP contribution in [-0.2, 0) is 4.79 Å².